The molecule has 0 unspecified atom stereocenters. The van der Waals surface area contributed by atoms with Crippen LogP contribution in [0.1, 0.15) is 0 Å². The molecular formula is C7H9ClMg. The van der Waals surface area contributed by atoms with Crippen molar-refractivity contribution in [1.82, 2.24) is 0 Å². The van der Waals surface area contributed by atoms with Crippen LogP contribution in [0.3, 0.4) is 0 Å². The normalized spacial score (nSPS) is 6.44. The summed E-state index contributed by atoms with van der Waals surface area (Å²) in [6.45, 7) is 0. The van der Waals surface area contributed by atoms with Crippen LogP contribution in [0.2, 0.25) is 5.05 Å². The van der Waals surface area contributed by atoms with Gasteiger partial charge in [0, 0.05) is 0 Å². The van der Waals surface area contributed by atoms with Gasteiger partial charge in [0.25, 0.3) is 0 Å². The minimum Gasteiger partial charge on any atom is -0.346 e. The van der Waals surface area contributed by atoms with Gasteiger partial charge in [0.1, 0.15) is 0 Å². The van der Waals surface area contributed by atoms with Crippen LogP contribution in [-0.4, -0.2) is 19.3 Å². The Morgan fingerprint density at radius 1 is 0.889 bits per heavy atom. The van der Waals surface area contributed by atoms with Crippen LogP contribution in [0.5, 0.6) is 0 Å². The van der Waals surface area contributed by atoms with Crippen LogP contribution >= 0.6 is 9.07 Å². The molecule has 0 aliphatic rings. The predicted molar refractivity (Wildman–Crippen MR) is 43.9 cm³/mol. The molecule has 0 fully saturated rings. The predicted octanol–water partition coefficient (Wildman–Crippen LogP) is 2.58. The third-order valence-corrected chi connectivity index (χ3v) is 0.667. The molecule has 0 aliphatic heterocycles. The Morgan fingerprint density at radius 2 is 1.00 bits per heavy atom. The smallest absolute Gasteiger partial charge is 0.346 e. The molecule has 0 aromatic heterocycles. The second-order valence-corrected chi connectivity index (χ2v) is 3.56. The van der Waals surface area contributed by atoms with Crippen molar-refractivity contribution in [2.24, 2.45) is 0 Å². The molecule has 0 aliphatic carbocycles. The molecular weight excluding hydrogens is 144 g/mol. The third kappa shape index (κ3) is 8.28. The van der Waals surface area contributed by atoms with Crippen molar-refractivity contribution < 1.29 is 0 Å². The highest BCUT2D eigenvalue weighted by atomic mass is 35.5. The van der Waals surface area contributed by atoms with Gasteiger partial charge in [-0.25, -0.2) is 0 Å². The van der Waals surface area contributed by atoms with E-state index in [-0.39, 0.29) is 19.3 Å². The van der Waals surface area contributed by atoms with Gasteiger partial charge in [-0.1, -0.05) is 36.4 Å². The van der Waals surface area contributed by atoms with Crippen molar-refractivity contribution in [2.75, 3.05) is 0 Å². The molecule has 0 N–H and O–H groups in total. The number of hydrogen-bond donors (Lipinski definition) is 0. The Balaban J connectivity index is 0.000000187. The largest absolute Gasteiger partial charge is 0.497 e. The van der Waals surface area contributed by atoms with Crippen molar-refractivity contribution in [3.63, 3.8) is 0 Å². The fourth-order valence-corrected chi connectivity index (χ4v) is 0.385. The minimum atomic E-state index is -0.111. The number of benzene rings is 1. The molecule has 0 saturated carbocycles. The first-order chi connectivity index (χ1) is 4.41. The highest BCUT2D eigenvalue weighted by Crippen LogP contribution is 1.79. The van der Waals surface area contributed by atoms with Gasteiger partial charge in [0.2, 0.25) is 0 Å². The maximum Gasteiger partial charge on any atom is 0.497 e. The van der Waals surface area contributed by atoms with E-state index in [1.165, 1.54) is 0 Å². The summed E-state index contributed by atoms with van der Waals surface area (Å²) in [5.41, 5.74) is 0. The van der Waals surface area contributed by atoms with Gasteiger partial charge in [-0.3, -0.25) is 0 Å². The average molecular weight is 153 g/mol. The van der Waals surface area contributed by atoms with Crippen LogP contribution in [0.15, 0.2) is 36.4 Å². The Bertz CT molecular complexity index is 91.8. The topological polar surface area (TPSA) is 0 Å². The minimum absolute atomic E-state index is 0.111. The summed E-state index contributed by atoms with van der Waals surface area (Å²) in [6.07, 6.45) is 0. The van der Waals surface area contributed by atoms with Gasteiger partial charge >= 0.3 is 19.3 Å². The van der Waals surface area contributed by atoms with E-state index >= 15 is 0 Å². The first-order valence-corrected chi connectivity index (χ1v) is 6.53. The highest BCUT2D eigenvalue weighted by molar-refractivity contribution is 6.92. The van der Waals surface area contributed by atoms with E-state index in [2.05, 4.69) is 0 Å². The van der Waals surface area contributed by atoms with Gasteiger partial charge in [-0.15, -0.1) is 5.05 Å². The number of rotatable bonds is 0. The maximum absolute atomic E-state index is 5.14. The van der Waals surface area contributed by atoms with E-state index in [1.807, 2.05) is 41.5 Å². The van der Waals surface area contributed by atoms with Gasteiger partial charge in [-0.2, -0.15) is 0 Å². The first-order valence-electron chi connectivity index (χ1n) is 2.97. The van der Waals surface area contributed by atoms with E-state index in [4.69, 9.17) is 9.07 Å². The van der Waals surface area contributed by atoms with Gasteiger partial charge in [0.15, 0.2) is 0 Å². The summed E-state index contributed by atoms with van der Waals surface area (Å²) in [6, 6.07) is 12.0. The Morgan fingerprint density at radius 3 is 1.11 bits per heavy atom. The van der Waals surface area contributed by atoms with Crippen molar-refractivity contribution in [2.45, 2.75) is 5.05 Å². The Hall–Kier alpha value is 0.276. The molecule has 0 amide bonds. The lowest BCUT2D eigenvalue weighted by Crippen LogP contribution is -1.47. The molecule has 0 radical (unpaired) electrons. The SMILES string of the molecule is [CH3][Mg][Cl].c1ccccc1. The van der Waals surface area contributed by atoms with Crippen molar-refractivity contribution in [3.05, 3.63) is 36.4 Å². The van der Waals surface area contributed by atoms with Crippen LogP contribution in [0.25, 0.3) is 0 Å². The quantitative estimate of drug-likeness (QED) is 0.502. The summed E-state index contributed by atoms with van der Waals surface area (Å²) < 4.78 is 0. The van der Waals surface area contributed by atoms with E-state index in [0.29, 0.717) is 0 Å². The van der Waals surface area contributed by atoms with Crippen molar-refractivity contribution in [1.29, 1.82) is 0 Å². The van der Waals surface area contributed by atoms with E-state index in [9.17, 15) is 0 Å². The monoisotopic (exact) mass is 152 g/mol. The van der Waals surface area contributed by atoms with Gasteiger partial charge in [-0.05, 0) is 0 Å². The molecule has 46 valence electrons. The summed E-state index contributed by atoms with van der Waals surface area (Å²) in [5, 5.41) is 2.03. The number of hydrogen-bond acceptors (Lipinski definition) is 0. The Kier molecular flexibility index (Phi) is 8.53. The van der Waals surface area contributed by atoms with E-state index in [0.717, 1.165) is 0 Å². The molecule has 1 rings (SSSR count). The lowest BCUT2D eigenvalue weighted by atomic mass is 10.4. The lowest BCUT2D eigenvalue weighted by Gasteiger charge is -1.69. The highest BCUT2D eigenvalue weighted by Gasteiger charge is 1.59. The van der Waals surface area contributed by atoms with Crippen molar-refractivity contribution in [3.8, 4) is 0 Å². The molecule has 1 aromatic carbocycles. The fourth-order valence-electron chi connectivity index (χ4n) is 0.385. The van der Waals surface area contributed by atoms with Crippen LogP contribution in [-0.2, 0) is 0 Å². The van der Waals surface area contributed by atoms with Gasteiger partial charge in [0.05, 0.1) is 0 Å². The van der Waals surface area contributed by atoms with E-state index < -0.39 is 0 Å². The summed E-state index contributed by atoms with van der Waals surface area (Å²) in [5.74, 6) is 0. The summed E-state index contributed by atoms with van der Waals surface area (Å²) >= 11 is -0.111. The fraction of sp³-hybridized carbons (Fsp3) is 0.143. The zero-order valence-electron chi connectivity index (χ0n) is 5.55. The molecule has 0 nitrogen and oxygen atoms in total. The maximum atomic E-state index is 5.14. The van der Waals surface area contributed by atoms with Crippen molar-refractivity contribution >= 4 is 28.3 Å². The molecule has 1 aromatic rings. The third-order valence-electron chi connectivity index (χ3n) is 0.667. The molecule has 0 heterocycles. The standard InChI is InChI=1S/C6H6.CH3.ClH.Mg/c1-2-4-6-5-3-1;;;/h1-6H;1H3;1H;/q;;;+1/p-1. The van der Waals surface area contributed by atoms with Crippen LogP contribution < -0.4 is 0 Å². The van der Waals surface area contributed by atoms with Crippen LogP contribution in [0.4, 0.5) is 0 Å². The first kappa shape index (κ1) is 9.28. The Labute approximate surface area is 69.7 Å². The van der Waals surface area contributed by atoms with Gasteiger partial charge < -0.3 is 9.07 Å². The molecule has 2 heteroatoms. The summed E-state index contributed by atoms with van der Waals surface area (Å²) in [4.78, 5) is 0. The second-order valence-electron chi connectivity index (χ2n) is 1.42. The zero-order chi connectivity index (χ0) is 6.95. The molecule has 0 atom stereocenters. The lowest BCUT2D eigenvalue weighted by molar-refractivity contribution is 1.72. The second kappa shape index (κ2) is 8.28. The van der Waals surface area contributed by atoms with E-state index in [1.54, 1.807) is 0 Å². The molecule has 0 saturated heterocycles. The average Bonchev–Trinajstić information content (AvgIpc) is 1.93. The van der Waals surface area contributed by atoms with Crippen LogP contribution in [0, 0.1) is 0 Å². The molecule has 0 bridgehead atoms. The molecule has 9 heavy (non-hydrogen) atoms. The number of halogens is 1. The molecule has 0 spiro atoms. The summed E-state index contributed by atoms with van der Waals surface area (Å²) in [7, 11) is 5.14. The zero-order valence-corrected chi connectivity index (χ0v) is 7.72.